The van der Waals surface area contributed by atoms with Gasteiger partial charge in [-0.1, -0.05) is 54.1 Å². The van der Waals surface area contributed by atoms with Crippen molar-refractivity contribution in [3.63, 3.8) is 0 Å². The highest BCUT2D eigenvalue weighted by molar-refractivity contribution is 6.31. The van der Waals surface area contributed by atoms with Crippen LogP contribution in [0.15, 0.2) is 60.9 Å². The van der Waals surface area contributed by atoms with Gasteiger partial charge in [-0.25, -0.2) is 9.97 Å². The minimum absolute atomic E-state index is 0.596. The second-order valence-corrected chi connectivity index (χ2v) is 7.67. The smallest absolute Gasteiger partial charge is 0.143 e. The molecule has 2 aromatic heterocycles. The number of halogens is 1. The van der Waals surface area contributed by atoms with Crippen LogP contribution in [0.3, 0.4) is 0 Å². The number of unbranched alkanes of at least 4 members (excludes halogenated alkanes) is 2. The molecule has 0 aliphatic carbocycles. The van der Waals surface area contributed by atoms with Crippen LogP contribution in [0.25, 0.3) is 22.3 Å². The van der Waals surface area contributed by atoms with Crippen LogP contribution in [-0.4, -0.2) is 21.2 Å². The van der Waals surface area contributed by atoms with Gasteiger partial charge in [-0.2, -0.15) is 0 Å². The van der Waals surface area contributed by atoms with Crippen molar-refractivity contribution in [3.05, 3.63) is 77.1 Å². The van der Waals surface area contributed by atoms with Gasteiger partial charge in [-0.3, -0.25) is 0 Å². The molecule has 2 heterocycles. The molecule has 4 aromatic rings. The number of nitrogens with zero attached hydrogens (tertiary/aromatic N) is 2. The van der Waals surface area contributed by atoms with Gasteiger partial charge in [0.05, 0.1) is 5.39 Å². The maximum atomic E-state index is 7.10. The molecular weight excluding hydrogens is 394 g/mol. The number of anilines is 1. The van der Waals surface area contributed by atoms with Gasteiger partial charge in [-0.05, 0) is 60.7 Å². The van der Waals surface area contributed by atoms with E-state index in [4.69, 9.17) is 17.0 Å². The van der Waals surface area contributed by atoms with E-state index < -0.39 is 0 Å². The summed E-state index contributed by atoms with van der Waals surface area (Å²) >= 11 is 6.26. The van der Waals surface area contributed by atoms with Crippen molar-refractivity contribution < 1.29 is 0 Å². The van der Waals surface area contributed by atoms with Gasteiger partial charge in [0.25, 0.3) is 0 Å². The van der Waals surface area contributed by atoms with Crippen LogP contribution >= 0.6 is 11.6 Å². The van der Waals surface area contributed by atoms with Crippen molar-refractivity contribution in [1.82, 2.24) is 15.0 Å². The Bertz CT molecular complexity index is 1130. The van der Waals surface area contributed by atoms with Gasteiger partial charge in [-0.15, -0.1) is 0 Å². The number of nitrogens with one attached hydrogen (secondary N) is 3. The number of aromatic nitrogens is 3. The maximum Gasteiger partial charge on any atom is 0.143 e. The van der Waals surface area contributed by atoms with Crippen LogP contribution < -0.4 is 5.32 Å². The number of fused-ring (bicyclic) bond motifs is 1. The second kappa shape index (κ2) is 9.55. The molecular formula is C24H24ClN5. The molecule has 0 saturated heterocycles. The highest BCUT2D eigenvalue weighted by atomic mass is 35.5. The van der Waals surface area contributed by atoms with Gasteiger partial charge < -0.3 is 15.7 Å². The van der Waals surface area contributed by atoms with Crippen LogP contribution in [-0.2, 0) is 13.0 Å². The van der Waals surface area contributed by atoms with Crippen LogP contribution in [0.1, 0.15) is 30.4 Å². The van der Waals surface area contributed by atoms with Crippen molar-refractivity contribution in [3.8, 4) is 11.3 Å². The van der Waals surface area contributed by atoms with Crippen molar-refractivity contribution in [2.45, 2.75) is 32.2 Å². The first-order valence-corrected chi connectivity index (χ1v) is 10.5. The average molecular weight is 418 g/mol. The van der Waals surface area contributed by atoms with Crippen LogP contribution in [0.5, 0.6) is 0 Å². The number of aromatic amines is 1. The maximum absolute atomic E-state index is 7.10. The van der Waals surface area contributed by atoms with Gasteiger partial charge >= 0.3 is 0 Å². The molecule has 0 amide bonds. The highest BCUT2D eigenvalue weighted by Crippen LogP contribution is 2.28. The summed E-state index contributed by atoms with van der Waals surface area (Å²) in [7, 11) is 0. The first-order chi connectivity index (χ1) is 14.7. The molecule has 0 radical (unpaired) electrons. The lowest BCUT2D eigenvalue weighted by atomic mass is 10.0. The lowest BCUT2D eigenvalue weighted by Crippen LogP contribution is -2.02. The standard InChI is InChI=1S/C24H24ClN5/c25-21-8-4-3-7-19(21)15-27-23-20-14-22(30-24(20)29-16-28-23)18-11-9-17(10-12-18)6-2-1-5-13-26/h3-4,7-14,16,26H,1-2,5-6,15H2,(H2,27,28,29,30). The molecule has 0 aliphatic rings. The number of hydrogen-bond donors (Lipinski definition) is 3. The molecule has 5 nitrogen and oxygen atoms in total. The normalized spacial score (nSPS) is 11.0. The highest BCUT2D eigenvalue weighted by Gasteiger charge is 2.10. The number of aryl methyl sites for hydroxylation is 1. The van der Waals surface area contributed by atoms with Crippen molar-refractivity contribution in [2.24, 2.45) is 0 Å². The van der Waals surface area contributed by atoms with Crippen LogP contribution in [0.2, 0.25) is 5.02 Å². The SMILES string of the molecule is N=CCCCCc1ccc(-c2cc3c(NCc4ccccc4Cl)ncnc3[nH]2)cc1. The van der Waals surface area contributed by atoms with Crippen molar-refractivity contribution in [2.75, 3.05) is 5.32 Å². The van der Waals surface area contributed by atoms with Crippen molar-refractivity contribution in [1.29, 1.82) is 5.41 Å². The van der Waals surface area contributed by atoms with Gasteiger partial charge in [0, 0.05) is 17.3 Å². The fraction of sp³-hybridized carbons (Fsp3) is 0.208. The molecule has 0 saturated carbocycles. The number of benzene rings is 2. The zero-order valence-corrected chi connectivity index (χ0v) is 17.4. The third-order valence-electron chi connectivity index (χ3n) is 5.16. The third-order valence-corrected chi connectivity index (χ3v) is 5.53. The average Bonchev–Trinajstić information content (AvgIpc) is 3.22. The Morgan fingerprint density at radius 3 is 2.67 bits per heavy atom. The quantitative estimate of drug-likeness (QED) is 0.222. The fourth-order valence-corrected chi connectivity index (χ4v) is 3.69. The molecule has 3 N–H and O–H groups in total. The van der Waals surface area contributed by atoms with E-state index >= 15 is 0 Å². The van der Waals surface area contributed by atoms with Crippen LogP contribution in [0, 0.1) is 5.41 Å². The molecule has 0 aliphatic heterocycles. The van der Waals surface area contributed by atoms with E-state index in [2.05, 4.69) is 50.6 Å². The van der Waals surface area contributed by atoms with Gasteiger partial charge in [0.2, 0.25) is 0 Å². The van der Waals surface area contributed by atoms with E-state index in [-0.39, 0.29) is 0 Å². The lowest BCUT2D eigenvalue weighted by Gasteiger charge is -2.07. The molecule has 0 fully saturated rings. The molecule has 30 heavy (non-hydrogen) atoms. The van der Waals surface area contributed by atoms with E-state index in [1.165, 1.54) is 11.8 Å². The Balaban J connectivity index is 1.50. The number of hydrogen-bond acceptors (Lipinski definition) is 4. The van der Waals surface area contributed by atoms with E-state index in [0.717, 1.165) is 64.4 Å². The second-order valence-electron chi connectivity index (χ2n) is 7.26. The molecule has 152 valence electrons. The van der Waals surface area contributed by atoms with Gasteiger partial charge in [0.1, 0.15) is 17.8 Å². The Morgan fingerprint density at radius 1 is 1.03 bits per heavy atom. The summed E-state index contributed by atoms with van der Waals surface area (Å²) in [5.74, 6) is 0.783. The molecule has 6 heteroatoms. The molecule has 0 bridgehead atoms. The molecule has 4 rings (SSSR count). The summed E-state index contributed by atoms with van der Waals surface area (Å²) in [6.07, 6.45) is 7.13. The zero-order valence-electron chi connectivity index (χ0n) is 16.7. The topological polar surface area (TPSA) is 77.5 Å². The largest absolute Gasteiger partial charge is 0.365 e. The summed E-state index contributed by atoms with van der Waals surface area (Å²) in [6.45, 7) is 0.596. The number of H-pyrrole nitrogens is 1. The van der Waals surface area contributed by atoms with Crippen LogP contribution in [0.4, 0.5) is 5.82 Å². The summed E-state index contributed by atoms with van der Waals surface area (Å²) in [4.78, 5) is 12.2. The molecule has 0 spiro atoms. The van der Waals surface area contributed by atoms with E-state index in [9.17, 15) is 0 Å². The first kappa shape index (κ1) is 20.1. The number of rotatable bonds is 9. The molecule has 2 aromatic carbocycles. The predicted octanol–water partition coefficient (Wildman–Crippen LogP) is 6.25. The Morgan fingerprint density at radius 2 is 1.87 bits per heavy atom. The Kier molecular flexibility index (Phi) is 6.40. The van der Waals surface area contributed by atoms with Gasteiger partial charge in [0.15, 0.2) is 0 Å². The summed E-state index contributed by atoms with van der Waals surface area (Å²) in [5.41, 5.74) is 5.28. The minimum Gasteiger partial charge on any atom is -0.365 e. The monoisotopic (exact) mass is 417 g/mol. The Labute approximate surface area is 181 Å². The van der Waals surface area contributed by atoms with E-state index in [0.29, 0.717) is 6.54 Å². The summed E-state index contributed by atoms with van der Waals surface area (Å²) < 4.78 is 0. The predicted molar refractivity (Wildman–Crippen MR) is 124 cm³/mol. The molecule has 0 atom stereocenters. The third kappa shape index (κ3) is 4.69. The lowest BCUT2D eigenvalue weighted by molar-refractivity contribution is 0.765. The minimum atomic E-state index is 0.596. The zero-order chi connectivity index (χ0) is 20.8. The summed E-state index contributed by atoms with van der Waals surface area (Å²) in [6, 6.07) is 18.5. The fourth-order valence-electron chi connectivity index (χ4n) is 3.48. The summed E-state index contributed by atoms with van der Waals surface area (Å²) in [5, 5.41) is 12.2. The van der Waals surface area contributed by atoms with E-state index in [1.807, 2.05) is 24.3 Å². The van der Waals surface area contributed by atoms with E-state index in [1.54, 1.807) is 6.33 Å². The molecule has 0 unspecified atom stereocenters. The Hall–Kier alpha value is -3.18. The first-order valence-electron chi connectivity index (χ1n) is 10.1. The van der Waals surface area contributed by atoms with Crippen molar-refractivity contribution >= 4 is 34.7 Å².